The molecule has 0 radical (unpaired) electrons. The summed E-state index contributed by atoms with van der Waals surface area (Å²) < 4.78 is 0. The lowest BCUT2D eigenvalue weighted by molar-refractivity contribution is 0.325. The summed E-state index contributed by atoms with van der Waals surface area (Å²) >= 11 is 1.89. The van der Waals surface area contributed by atoms with Crippen molar-refractivity contribution in [2.75, 3.05) is 13.6 Å². The molecule has 0 aliphatic heterocycles. The van der Waals surface area contributed by atoms with Crippen molar-refractivity contribution in [2.24, 2.45) is 5.41 Å². The highest BCUT2D eigenvalue weighted by atomic mass is 32.1. The van der Waals surface area contributed by atoms with E-state index in [0.29, 0.717) is 5.41 Å². The van der Waals surface area contributed by atoms with Crippen LogP contribution in [0.5, 0.6) is 0 Å². The fraction of sp³-hybridized carbons (Fsp3) is 0.667. The first-order valence-corrected chi connectivity index (χ1v) is 6.11. The monoisotopic (exact) mass is 211 g/mol. The Hall–Kier alpha value is -0.340. The highest BCUT2D eigenvalue weighted by Gasteiger charge is 2.16. The van der Waals surface area contributed by atoms with Crippen LogP contribution in [0.1, 0.15) is 30.7 Å². The van der Waals surface area contributed by atoms with Crippen LogP contribution in [-0.2, 0) is 6.42 Å². The van der Waals surface area contributed by atoms with Crippen LogP contribution in [-0.4, -0.2) is 13.6 Å². The predicted molar refractivity (Wildman–Crippen MR) is 65.1 cm³/mol. The molecule has 0 saturated heterocycles. The molecule has 0 aliphatic rings. The Morgan fingerprint density at radius 2 is 2.14 bits per heavy atom. The van der Waals surface area contributed by atoms with Gasteiger partial charge in [-0.1, -0.05) is 13.8 Å². The molecule has 0 bridgehead atoms. The minimum Gasteiger partial charge on any atom is -0.319 e. The molecule has 0 amide bonds. The Morgan fingerprint density at radius 1 is 1.43 bits per heavy atom. The Morgan fingerprint density at radius 3 is 2.64 bits per heavy atom. The molecule has 0 aromatic carbocycles. The van der Waals surface area contributed by atoms with E-state index in [1.54, 1.807) is 4.88 Å². The van der Waals surface area contributed by atoms with Gasteiger partial charge >= 0.3 is 0 Å². The molecule has 2 heteroatoms. The summed E-state index contributed by atoms with van der Waals surface area (Å²) in [5, 5.41) is 5.45. The summed E-state index contributed by atoms with van der Waals surface area (Å²) in [7, 11) is 2.03. The van der Waals surface area contributed by atoms with Crippen LogP contribution in [0.15, 0.2) is 11.4 Å². The molecule has 0 aliphatic carbocycles. The molecule has 0 saturated carbocycles. The molecular weight excluding hydrogens is 190 g/mol. The molecule has 1 nitrogen and oxygen atoms in total. The minimum absolute atomic E-state index is 0.408. The van der Waals surface area contributed by atoms with E-state index >= 15 is 0 Å². The molecule has 1 N–H and O–H groups in total. The van der Waals surface area contributed by atoms with Crippen LogP contribution < -0.4 is 5.32 Å². The fourth-order valence-electron chi connectivity index (χ4n) is 1.68. The molecule has 14 heavy (non-hydrogen) atoms. The Labute approximate surface area is 91.5 Å². The van der Waals surface area contributed by atoms with Crippen molar-refractivity contribution in [2.45, 2.75) is 33.6 Å². The number of rotatable bonds is 5. The molecule has 1 aromatic heterocycles. The third-order valence-corrected chi connectivity index (χ3v) is 3.74. The SMILES string of the molecule is CNCC(C)(C)CCc1sccc1C. The largest absolute Gasteiger partial charge is 0.319 e. The van der Waals surface area contributed by atoms with Crippen molar-refractivity contribution in [3.05, 3.63) is 21.9 Å². The minimum atomic E-state index is 0.408. The van der Waals surface area contributed by atoms with Crippen molar-refractivity contribution in [1.82, 2.24) is 5.32 Å². The van der Waals surface area contributed by atoms with Gasteiger partial charge in [-0.05, 0) is 55.8 Å². The summed E-state index contributed by atoms with van der Waals surface area (Å²) in [5.41, 5.74) is 1.86. The Balaban J connectivity index is 2.44. The summed E-state index contributed by atoms with van der Waals surface area (Å²) in [6.45, 7) is 7.95. The van der Waals surface area contributed by atoms with E-state index in [2.05, 4.69) is 37.5 Å². The zero-order chi connectivity index (χ0) is 10.6. The van der Waals surface area contributed by atoms with Crippen LogP contribution in [0.25, 0.3) is 0 Å². The summed E-state index contributed by atoms with van der Waals surface area (Å²) in [4.78, 5) is 1.55. The van der Waals surface area contributed by atoms with Gasteiger partial charge in [0.25, 0.3) is 0 Å². The normalized spacial score (nSPS) is 12.0. The number of nitrogens with one attached hydrogen (secondary N) is 1. The second-order valence-electron chi connectivity index (χ2n) is 4.72. The van der Waals surface area contributed by atoms with Gasteiger partial charge in [-0.2, -0.15) is 0 Å². The van der Waals surface area contributed by atoms with Crippen LogP contribution in [0.3, 0.4) is 0 Å². The van der Waals surface area contributed by atoms with Crippen LogP contribution in [0.2, 0.25) is 0 Å². The van der Waals surface area contributed by atoms with Crippen LogP contribution in [0.4, 0.5) is 0 Å². The number of hydrogen-bond donors (Lipinski definition) is 1. The Bertz CT molecular complexity index is 276. The first-order valence-electron chi connectivity index (χ1n) is 5.23. The first kappa shape index (κ1) is 11.7. The maximum absolute atomic E-state index is 3.26. The maximum atomic E-state index is 3.26. The quantitative estimate of drug-likeness (QED) is 0.788. The zero-order valence-corrected chi connectivity index (χ0v) is 10.5. The highest BCUT2D eigenvalue weighted by Crippen LogP contribution is 2.25. The third-order valence-electron chi connectivity index (χ3n) is 2.65. The number of hydrogen-bond acceptors (Lipinski definition) is 2. The van der Waals surface area contributed by atoms with Crippen molar-refractivity contribution in [1.29, 1.82) is 0 Å². The molecule has 1 heterocycles. The van der Waals surface area contributed by atoms with Gasteiger partial charge in [0.05, 0.1) is 0 Å². The van der Waals surface area contributed by atoms with E-state index in [1.165, 1.54) is 18.4 Å². The van der Waals surface area contributed by atoms with Gasteiger partial charge in [0, 0.05) is 4.88 Å². The van der Waals surface area contributed by atoms with Crippen LogP contribution in [0, 0.1) is 12.3 Å². The molecule has 80 valence electrons. The topological polar surface area (TPSA) is 12.0 Å². The van der Waals surface area contributed by atoms with Gasteiger partial charge in [0.2, 0.25) is 0 Å². The number of thiophene rings is 1. The summed E-state index contributed by atoms with van der Waals surface area (Å²) in [6.07, 6.45) is 2.48. The highest BCUT2D eigenvalue weighted by molar-refractivity contribution is 7.10. The van der Waals surface area contributed by atoms with E-state index in [9.17, 15) is 0 Å². The fourth-order valence-corrected chi connectivity index (χ4v) is 2.59. The lowest BCUT2D eigenvalue weighted by Gasteiger charge is -2.23. The Kier molecular flexibility index (Phi) is 4.14. The van der Waals surface area contributed by atoms with Crippen molar-refractivity contribution < 1.29 is 0 Å². The van der Waals surface area contributed by atoms with Crippen molar-refractivity contribution in [3.63, 3.8) is 0 Å². The van der Waals surface area contributed by atoms with Gasteiger partial charge < -0.3 is 5.32 Å². The van der Waals surface area contributed by atoms with Gasteiger partial charge in [-0.25, -0.2) is 0 Å². The second-order valence-corrected chi connectivity index (χ2v) is 5.72. The summed E-state index contributed by atoms with van der Waals surface area (Å²) in [5.74, 6) is 0. The van der Waals surface area contributed by atoms with Crippen molar-refractivity contribution >= 4 is 11.3 Å². The lowest BCUT2D eigenvalue weighted by Crippen LogP contribution is -2.27. The number of aryl methyl sites for hydroxylation is 2. The van der Waals surface area contributed by atoms with Crippen molar-refractivity contribution in [3.8, 4) is 0 Å². The average molecular weight is 211 g/mol. The molecular formula is C12H21NS. The lowest BCUT2D eigenvalue weighted by atomic mass is 9.87. The van der Waals surface area contributed by atoms with Gasteiger partial charge in [0.15, 0.2) is 0 Å². The van der Waals surface area contributed by atoms with Gasteiger partial charge in [-0.3, -0.25) is 0 Å². The second kappa shape index (κ2) is 4.94. The van der Waals surface area contributed by atoms with E-state index in [4.69, 9.17) is 0 Å². The zero-order valence-electron chi connectivity index (χ0n) is 9.68. The smallest absolute Gasteiger partial charge is 0.00746 e. The average Bonchev–Trinajstić information content (AvgIpc) is 2.48. The molecule has 0 atom stereocenters. The summed E-state index contributed by atoms with van der Waals surface area (Å²) in [6, 6.07) is 2.21. The van der Waals surface area contributed by atoms with E-state index in [0.717, 1.165) is 6.54 Å². The molecule has 0 spiro atoms. The molecule has 1 rings (SSSR count). The molecule has 0 unspecified atom stereocenters. The standard InChI is InChI=1S/C12H21NS/c1-10-6-8-14-11(10)5-7-12(2,3)9-13-4/h6,8,13H,5,7,9H2,1-4H3. The molecule has 0 fully saturated rings. The van der Waals surface area contributed by atoms with Gasteiger partial charge in [-0.15, -0.1) is 11.3 Å². The third kappa shape index (κ3) is 3.43. The van der Waals surface area contributed by atoms with E-state index in [-0.39, 0.29) is 0 Å². The maximum Gasteiger partial charge on any atom is 0.00746 e. The van der Waals surface area contributed by atoms with E-state index in [1.807, 2.05) is 18.4 Å². The van der Waals surface area contributed by atoms with E-state index < -0.39 is 0 Å². The predicted octanol–water partition coefficient (Wildman–Crippen LogP) is 3.23. The molecule has 1 aromatic rings. The van der Waals surface area contributed by atoms with Gasteiger partial charge in [0.1, 0.15) is 0 Å². The van der Waals surface area contributed by atoms with Crippen LogP contribution >= 0.6 is 11.3 Å². The first-order chi connectivity index (χ1) is 6.55.